The summed E-state index contributed by atoms with van der Waals surface area (Å²) in [5, 5.41) is 0. The van der Waals surface area contributed by atoms with Gasteiger partial charge in [-0.3, -0.25) is 9.59 Å². The molecular weight excluding hydrogens is 334 g/mol. The fraction of sp³-hybridized carbons (Fsp3) is 0.579. The van der Waals surface area contributed by atoms with Gasteiger partial charge in [-0.15, -0.1) is 0 Å². The summed E-state index contributed by atoms with van der Waals surface area (Å²) in [6, 6.07) is 5.70. The first-order chi connectivity index (χ1) is 12.4. The monoisotopic (exact) mass is 363 g/mol. The number of hydrogen-bond donors (Lipinski definition) is 0. The predicted octanol–water partition coefficient (Wildman–Crippen LogP) is 0.869. The van der Waals surface area contributed by atoms with Gasteiger partial charge >= 0.3 is 0 Å². The van der Waals surface area contributed by atoms with E-state index in [1.54, 1.807) is 19.1 Å². The number of rotatable bonds is 7. The van der Waals surface area contributed by atoms with Gasteiger partial charge in [-0.25, -0.2) is 0 Å². The normalized spacial score (nSPS) is 14.8. The Balaban J connectivity index is 1.94. The maximum atomic E-state index is 12.5. The van der Waals surface area contributed by atoms with Crippen molar-refractivity contribution in [3.05, 3.63) is 23.8 Å². The quantitative estimate of drug-likeness (QED) is 0.719. The Morgan fingerprint density at radius 3 is 2.31 bits per heavy atom. The Bertz CT molecular complexity index is 627. The van der Waals surface area contributed by atoms with Gasteiger partial charge in [-0.1, -0.05) is 6.07 Å². The minimum Gasteiger partial charge on any atom is -0.493 e. The average molecular weight is 363 g/mol. The number of methoxy groups -OCH3 is 2. The summed E-state index contributed by atoms with van der Waals surface area (Å²) < 4.78 is 10.6. The minimum atomic E-state index is -0.0899. The van der Waals surface area contributed by atoms with Gasteiger partial charge in [0.05, 0.1) is 20.8 Å². The van der Waals surface area contributed by atoms with Gasteiger partial charge in [-0.05, 0) is 31.2 Å². The molecule has 1 aliphatic heterocycles. The van der Waals surface area contributed by atoms with E-state index >= 15 is 0 Å². The average Bonchev–Trinajstić information content (AvgIpc) is 2.64. The molecule has 0 aliphatic carbocycles. The van der Waals surface area contributed by atoms with Crippen LogP contribution in [-0.4, -0.2) is 87.0 Å². The van der Waals surface area contributed by atoms with Gasteiger partial charge in [0.1, 0.15) is 0 Å². The number of likely N-dealkylation sites (N-methyl/N-ethyl adjacent to an activating group) is 1. The van der Waals surface area contributed by atoms with Gasteiger partial charge in [0.2, 0.25) is 11.8 Å². The molecule has 1 fully saturated rings. The molecule has 1 heterocycles. The molecule has 1 aromatic carbocycles. The van der Waals surface area contributed by atoms with Crippen LogP contribution >= 0.6 is 0 Å². The summed E-state index contributed by atoms with van der Waals surface area (Å²) in [7, 11) is 5.24. The molecule has 0 radical (unpaired) electrons. The molecule has 0 unspecified atom stereocenters. The Kier molecular flexibility index (Phi) is 7.26. The molecular formula is C19H29N3O4. The summed E-state index contributed by atoms with van der Waals surface area (Å²) in [5.41, 5.74) is 1.03. The van der Waals surface area contributed by atoms with Crippen LogP contribution in [0, 0.1) is 0 Å². The Morgan fingerprint density at radius 2 is 1.73 bits per heavy atom. The number of nitrogens with zero attached hydrogens (tertiary/aromatic N) is 3. The standard InChI is InChI=1S/C19H29N3O4/c1-15(23)22(14-19(24)21-11-9-20(2)10-12-21)8-7-16-5-6-17(25-3)18(13-16)26-4/h5-6,13H,7-12,14H2,1-4H3. The van der Waals surface area contributed by atoms with Crippen LogP contribution < -0.4 is 9.47 Å². The van der Waals surface area contributed by atoms with E-state index in [1.165, 1.54) is 6.92 Å². The lowest BCUT2D eigenvalue weighted by Gasteiger charge is -2.33. The van der Waals surface area contributed by atoms with Crippen LogP contribution in [0.4, 0.5) is 0 Å². The van der Waals surface area contributed by atoms with E-state index in [9.17, 15) is 9.59 Å². The van der Waals surface area contributed by atoms with Crippen molar-refractivity contribution in [1.82, 2.24) is 14.7 Å². The van der Waals surface area contributed by atoms with Crippen molar-refractivity contribution in [3.63, 3.8) is 0 Å². The van der Waals surface area contributed by atoms with E-state index in [2.05, 4.69) is 4.90 Å². The summed E-state index contributed by atoms with van der Waals surface area (Å²) in [6.07, 6.45) is 0.649. The maximum absolute atomic E-state index is 12.5. The van der Waals surface area contributed by atoms with Crippen LogP contribution in [0.25, 0.3) is 0 Å². The van der Waals surface area contributed by atoms with Gasteiger partial charge in [0.25, 0.3) is 0 Å². The fourth-order valence-electron chi connectivity index (χ4n) is 2.97. The van der Waals surface area contributed by atoms with E-state index < -0.39 is 0 Å². The van der Waals surface area contributed by atoms with Gasteiger partial charge in [0, 0.05) is 39.6 Å². The largest absolute Gasteiger partial charge is 0.493 e. The first-order valence-electron chi connectivity index (χ1n) is 8.87. The molecule has 1 saturated heterocycles. The minimum absolute atomic E-state index is 0.0145. The first kappa shape index (κ1) is 20.0. The summed E-state index contributed by atoms with van der Waals surface area (Å²) in [5.74, 6) is 1.26. The molecule has 2 rings (SSSR count). The highest BCUT2D eigenvalue weighted by molar-refractivity contribution is 5.84. The second-order valence-corrected chi connectivity index (χ2v) is 6.56. The molecule has 26 heavy (non-hydrogen) atoms. The molecule has 0 spiro atoms. The van der Waals surface area contributed by atoms with Crippen molar-refractivity contribution in [2.45, 2.75) is 13.3 Å². The summed E-state index contributed by atoms with van der Waals surface area (Å²) >= 11 is 0. The molecule has 0 aromatic heterocycles. The van der Waals surface area contributed by atoms with Crippen molar-refractivity contribution < 1.29 is 19.1 Å². The van der Waals surface area contributed by atoms with Crippen LogP contribution in [0.15, 0.2) is 18.2 Å². The molecule has 0 saturated carbocycles. The lowest BCUT2D eigenvalue weighted by atomic mass is 10.1. The molecule has 0 atom stereocenters. The van der Waals surface area contributed by atoms with Crippen molar-refractivity contribution in [3.8, 4) is 11.5 Å². The Labute approximate surface area is 155 Å². The number of piperazine rings is 1. The second-order valence-electron chi connectivity index (χ2n) is 6.56. The van der Waals surface area contributed by atoms with Crippen LogP contribution in [0.5, 0.6) is 11.5 Å². The molecule has 7 heteroatoms. The highest BCUT2D eigenvalue weighted by Gasteiger charge is 2.22. The first-order valence-corrected chi connectivity index (χ1v) is 8.87. The summed E-state index contributed by atoms with van der Waals surface area (Å²) in [4.78, 5) is 30.1. The highest BCUT2D eigenvalue weighted by Crippen LogP contribution is 2.27. The van der Waals surface area contributed by atoms with Crippen LogP contribution in [0.2, 0.25) is 0 Å². The predicted molar refractivity (Wildman–Crippen MR) is 99.6 cm³/mol. The van der Waals surface area contributed by atoms with Crippen LogP contribution in [0.1, 0.15) is 12.5 Å². The van der Waals surface area contributed by atoms with Gasteiger partial charge < -0.3 is 24.2 Å². The third-order valence-corrected chi connectivity index (χ3v) is 4.75. The third-order valence-electron chi connectivity index (χ3n) is 4.75. The fourth-order valence-corrected chi connectivity index (χ4v) is 2.97. The van der Waals surface area contributed by atoms with Gasteiger partial charge in [-0.2, -0.15) is 0 Å². The van der Waals surface area contributed by atoms with Crippen LogP contribution in [0.3, 0.4) is 0 Å². The third kappa shape index (κ3) is 5.36. The topological polar surface area (TPSA) is 62.3 Å². The van der Waals surface area contributed by atoms with E-state index in [0.717, 1.165) is 31.7 Å². The van der Waals surface area contributed by atoms with E-state index in [0.29, 0.717) is 24.5 Å². The number of carbonyl (C=O) groups is 2. The van der Waals surface area contributed by atoms with Gasteiger partial charge in [0.15, 0.2) is 11.5 Å². The molecule has 7 nitrogen and oxygen atoms in total. The number of carbonyl (C=O) groups excluding carboxylic acids is 2. The Morgan fingerprint density at radius 1 is 1.08 bits per heavy atom. The van der Waals surface area contributed by atoms with Crippen molar-refractivity contribution in [1.29, 1.82) is 0 Å². The van der Waals surface area contributed by atoms with Crippen molar-refractivity contribution in [2.75, 3.05) is 60.5 Å². The number of benzene rings is 1. The SMILES string of the molecule is COc1ccc(CCN(CC(=O)N2CCN(C)CC2)C(C)=O)cc1OC. The molecule has 0 N–H and O–H groups in total. The number of amides is 2. The van der Waals surface area contributed by atoms with E-state index in [4.69, 9.17) is 9.47 Å². The highest BCUT2D eigenvalue weighted by atomic mass is 16.5. The smallest absolute Gasteiger partial charge is 0.242 e. The maximum Gasteiger partial charge on any atom is 0.242 e. The molecule has 1 aliphatic rings. The van der Waals surface area contributed by atoms with Crippen LogP contribution in [-0.2, 0) is 16.0 Å². The lowest BCUT2D eigenvalue weighted by molar-refractivity contribution is -0.140. The van der Waals surface area contributed by atoms with E-state index in [1.807, 2.05) is 30.1 Å². The number of hydrogen-bond acceptors (Lipinski definition) is 5. The summed E-state index contributed by atoms with van der Waals surface area (Å²) in [6.45, 7) is 5.31. The van der Waals surface area contributed by atoms with Crippen molar-refractivity contribution >= 4 is 11.8 Å². The zero-order valence-corrected chi connectivity index (χ0v) is 16.2. The second kappa shape index (κ2) is 9.43. The molecule has 144 valence electrons. The molecule has 0 bridgehead atoms. The number of ether oxygens (including phenoxy) is 2. The molecule has 1 aromatic rings. The molecule has 2 amide bonds. The van der Waals surface area contributed by atoms with E-state index in [-0.39, 0.29) is 18.4 Å². The Hall–Kier alpha value is -2.28. The van der Waals surface area contributed by atoms with Crippen molar-refractivity contribution in [2.24, 2.45) is 0 Å². The zero-order chi connectivity index (χ0) is 19.1. The zero-order valence-electron chi connectivity index (χ0n) is 16.2. The lowest BCUT2D eigenvalue weighted by Crippen LogP contribution is -2.50.